The average Bonchev–Trinajstić information content (AvgIpc) is 2.96. The Labute approximate surface area is 247 Å². The third kappa shape index (κ3) is 6.40. The van der Waals surface area contributed by atoms with Gasteiger partial charge in [-0.3, -0.25) is 9.59 Å². The van der Waals surface area contributed by atoms with Crippen molar-refractivity contribution < 1.29 is 19.1 Å². The van der Waals surface area contributed by atoms with E-state index >= 15 is 4.39 Å². The lowest BCUT2D eigenvalue weighted by Crippen LogP contribution is -2.58. The zero-order chi connectivity index (χ0) is 30.1. The third-order valence-electron chi connectivity index (χ3n) is 9.03. The minimum absolute atomic E-state index is 0.120. The second-order valence-corrected chi connectivity index (χ2v) is 12.5. The molecule has 1 heterocycles. The number of carbonyl (C=O) groups is 2. The van der Waals surface area contributed by atoms with Crippen LogP contribution in [0.3, 0.4) is 0 Å². The fourth-order valence-corrected chi connectivity index (χ4v) is 6.79. The van der Waals surface area contributed by atoms with Crippen LogP contribution in [0.2, 0.25) is 0 Å². The van der Waals surface area contributed by atoms with E-state index in [-0.39, 0.29) is 29.6 Å². The van der Waals surface area contributed by atoms with Crippen molar-refractivity contribution in [2.45, 2.75) is 82.4 Å². The van der Waals surface area contributed by atoms with Crippen LogP contribution < -0.4 is 11.1 Å². The van der Waals surface area contributed by atoms with Crippen LogP contribution in [0.4, 0.5) is 10.2 Å². The first-order valence-electron chi connectivity index (χ1n) is 14.9. The predicted octanol–water partition coefficient (Wildman–Crippen LogP) is 6.01. The minimum Gasteiger partial charge on any atom is -0.390 e. The van der Waals surface area contributed by atoms with Crippen LogP contribution in [0, 0.1) is 11.7 Å². The van der Waals surface area contributed by atoms with Crippen molar-refractivity contribution in [3.63, 3.8) is 0 Å². The number of amides is 2. The molecule has 8 heteroatoms. The van der Waals surface area contributed by atoms with Crippen LogP contribution in [0.25, 0.3) is 22.3 Å². The van der Waals surface area contributed by atoms with Gasteiger partial charge in [-0.05, 0) is 80.2 Å². The SMILES string of the molecule is CCC(=O)N(C)C1CCC(CC(=O)Nc2cc(-c3ccccc3F)c(-c3ccc(C4(N)CC(C)(O)C4)cc3)cn2)CC1. The van der Waals surface area contributed by atoms with Gasteiger partial charge in [0.2, 0.25) is 11.8 Å². The molecule has 0 bridgehead atoms. The molecular weight excluding hydrogens is 531 g/mol. The third-order valence-corrected chi connectivity index (χ3v) is 9.03. The van der Waals surface area contributed by atoms with Crippen molar-refractivity contribution in [3.8, 4) is 22.3 Å². The number of aromatic nitrogens is 1. The van der Waals surface area contributed by atoms with E-state index in [1.54, 1.807) is 37.4 Å². The van der Waals surface area contributed by atoms with Gasteiger partial charge in [0.15, 0.2) is 0 Å². The number of aliphatic hydroxyl groups is 1. The van der Waals surface area contributed by atoms with Crippen molar-refractivity contribution in [2.24, 2.45) is 11.7 Å². The van der Waals surface area contributed by atoms with Crippen LogP contribution >= 0.6 is 0 Å². The van der Waals surface area contributed by atoms with Crippen molar-refractivity contribution in [3.05, 3.63) is 72.2 Å². The van der Waals surface area contributed by atoms with E-state index in [0.29, 0.717) is 42.6 Å². The molecule has 0 unspecified atom stereocenters. The van der Waals surface area contributed by atoms with Gasteiger partial charge in [-0.25, -0.2) is 9.37 Å². The lowest BCUT2D eigenvalue weighted by molar-refractivity contribution is -0.132. The first-order chi connectivity index (χ1) is 20.0. The van der Waals surface area contributed by atoms with Crippen molar-refractivity contribution in [2.75, 3.05) is 12.4 Å². The maximum Gasteiger partial charge on any atom is 0.225 e. The average molecular weight is 573 g/mol. The fourth-order valence-electron chi connectivity index (χ4n) is 6.79. The molecule has 2 aromatic carbocycles. The Morgan fingerprint density at radius 3 is 2.33 bits per heavy atom. The van der Waals surface area contributed by atoms with Gasteiger partial charge < -0.3 is 21.1 Å². The molecule has 7 nitrogen and oxygen atoms in total. The summed E-state index contributed by atoms with van der Waals surface area (Å²) < 4.78 is 15.0. The van der Waals surface area contributed by atoms with Crippen molar-refractivity contribution >= 4 is 17.6 Å². The molecule has 4 N–H and O–H groups in total. The summed E-state index contributed by atoms with van der Waals surface area (Å²) in [6.07, 6.45) is 7.12. The fraction of sp³-hybridized carbons (Fsp3) is 0.441. The predicted molar refractivity (Wildman–Crippen MR) is 163 cm³/mol. The number of carbonyl (C=O) groups excluding carboxylic acids is 2. The second kappa shape index (κ2) is 11.9. The van der Waals surface area contributed by atoms with E-state index in [2.05, 4.69) is 10.3 Å². The molecule has 2 saturated carbocycles. The first-order valence-corrected chi connectivity index (χ1v) is 14.9. The van der Waals surface area contributed by atoms with Gasteiger partial charge in [-0.1, -0.05) is 49.4 Å². The molecule has 0 aliphatic heterocycles. The summed E-state index contributed by atoms with van der Waals surface area (Å²) in [6, 6.07) is 16.3. The number of benzene rings is 2. The Balaban J connectivity index is 1.31. The van der Waals surface area contributed by atoms with E-state index in [0.717, 1.165) is 42.4 Å². The Hall–Kier alpha value is -3.62. The molecule has 2 amide bonds. The number of nitrogens with zero attached hydrogens (tertiary/aromatic N) is 2. The van der Waals surface area contributed by atoms with Crippen LogP contribution in [-0.2, 0) is 15.1 Å². The van der Waals surface area contributed by atoms with Gasteiger partial charge in [0.05, 0.1) is 5.60 Å². The van der Waals surface area contributed by atoms with Gasteiger partial charge in [0.1, 0.15) is 11.6 Å². The van der Waals surface area contributed by atoms with Crippen LogP contribution in [0.15, 0.2) is 60.8 Å². The molecule has 3 aromatic rings. The maximum atomic E-state index is 15.0. The zero-order valence-corrected chi connectivity index (χ0v) is 24.7. The van der Waals surface area contributed by atoms with Crippen LogP contribution in [-0.4, -0.2) is 45.5 Å². The highest BCUT2D eigenvalue weighted by Gasteiger charge is 2.49. The number of nitrogens with one attached hydrogen (secondary N) is 1. The summed E-state index contributed by atoms with van der Waals surface area (Å²) in [7, 11) is 1.87. The molecule has 0 radical (unpaired) electrons. The molecule has 42 heavy (non-hydrogen) atoms. The van der Waals surface area contributed by atoms with Gasteiger partial charge in [-0.2, -0.15) is 0 Å². The minimum atomic E-state index is -0.749. The highest BCUT2D eigenvalue weighted by atomic mass is 19.1. The number of nitrogens with two attached hydrogens (primary N) is 1. The summed E-state index contributed by atoms with van der Waals surface area (Å²) >= 11 is 0. The summed E-state index contributed by atoms with van der Waals surface area (Å²) in [5.41, 5.74) is 8.79. The molecule has 0 atom stereocenters. The van der Waals surface area contributed by atoms with Gasteiger partial charge >= 0.3 is 0 Å². The maximum absolute atomic E-state index is 15.0. The summed E-state index contributed by atoms with van der Waals surface area (Å²) in [4.78, 5) is 31.4. The smallest absolute Gasteiger partial charge is 0.225 e. The number of hydrogen-bond acceptors (Lipinski definition) is 5. The number of anilines is 1. The summed E-state index contributed by atoms with van der Waals surface area (Å²) in [6.45, 7) is 3.67. The normalized spacial score (nSPS) is 25.4. The van der Waals surface area contributed by atoms with Crippen molar-refractivity contribution in [1.29, 1.82) is 0 Å². The number of hydrogen-bond donors (Lipinski definition) is 3. The Kier molecular flexibility index (Phi) is 8.49. The van der Waals surface area contributed by atoms with E-state index in [4.69, 9.17) is 5.73 Å². The van der Waals surface area contributed by atoms with E-state index in [1.807, 2.05) is 43.1 Å². The Morgan fingerprint density at radius 2 is 1.71 bits per heavy atom. The molecule has 1 aromatic heterocycles. The lowest BCUT2D eigenvalue weighted by Gasteiger charge is -2.49. The van der Waals surface area contributed by atoms with E-state index < -0.39 is 11.1 Å². The molecule has 2 fully saturated rings. The molecule has 5 rings (SSSR count). The first kappa shape index (κ1) is 29.9. The van der Waals surface area contributed by atoms with E-state index in [9.17, 15) is 14.7 Å². The standard InChI is InChI=1S/C34H41FN4O3/c1-4-32(41)39(3)25-15-9-22(10-16-25)17-31(40)38-30-18-27(26-7-5-6-8-29(26)35)28(19-37-30)23-11-13-24(14-12-23)34(36)20-33(2,42)21-34/h5-8,11-14,18-19,22,25,42H,4,9-10,15-17,20-21,36H2,1-3H3,(H,37,38,40). The highest BCUT2D eigenvalue weighted by molar-refractivity contribution is 5.92. The topological polar surface area (TPSA) is 109 Å². The Morgan fingerprint density at radius 1 is 1.05 bits per heavy atom. The zero-order valence-electron chi connectivity index (χ0n) is 24.7. The quantitative estimate of drug-likeness (QED) is 0.306. The van der Waals surface area contributed by atoms with E-state index in [1.165, 1.54) is 6.07 Å². The molecule has 0 spiro atoms. The molecule has 0 saturated heterocycles. The number of halogens is 1. The van der Waals surface area contributed by atoms with Crippen molar-refractivity contribution in [1.82, 2.24) is 9.88 Å². The molecule has 2 aliphatic rings. The van der Waals surface area contributed by atoms with Gasteiger partial charge in [0, 0.05) is 48.8 Å². The van der Waals surface area contributed by atoms with Crippen LogP contribution in [0.1, 0.15) is 70.8 Å². The molecule has 222 valence electrons. The lowest BCUT2D eigenvalue weighted by atomic mass is 9.63. The molecular formula is C34H41FN4O3. The molecule has 2 aliphatic carbocycles. The number of pyridine rings is 1. The largest absolute Gasteiger partial charge is 0.390 e. The monoisotopic (exact) mass is 572 g/mol. The number of rotatable bonds is 8. The second-order valence-electron chi connectivity index (χ2n) is 12.5. The van der Waals surface area contributed by atoms with Gasteiger partial charge in [-0.15, -0.1) is 0 Å². The highest BCUT2D eigenvalue weighted by Crippen LogP contribution is 2.46. The summed E-state index contributed by atoms with van der Waals surface area (Å²) in [5, 5.41) is 13.1. The van der Waals surface area contributed by atoms with Gasteiger partial charge in [0.25, 0.3) is 0 Å². The van der Waals surface area contributed by atoms with Crippen LogP contribution in [0.5, 0.6) is 0 Å². The summed E-state index contributed by atoms with van der Waals surface area (Å²) in [5.74, 6) is 0.298. The Bertz CT molecular complexity index is 1440.